The van der Waals surface area contributed by atoms with Crippen molar-refractivity contribution < 1.29 is 4.79 Å². The molecule has 0 atom stereocenters. The van der Waals surface area contributed by atoms with Crippen molar-refractivity contribution in [2.45, 2.75) is 0 Å². The molecule has 0 spiro atoms. The Kier molecular flexibility index (Phi) is 4.94. The fourth-order valence-electron chi connectivity index (χ4n) is 0.538. The number of urea groups is 1. The summed E-state index contributed by atoms with van der Waals surface area (Å²) in [7, 11) is 5.10. The Morgan fingerprint density at radius 1 is 1.42 bits per heavy atom. The van der Waals surface area contributed by atoms with Gasteiger partial charge in [0.15, 0.2) is 0 Å². The second-order valence-corrected chi connectivity index (χ2v) is 2.64. The lowest BCUT2D eigenvalue weighted by Gasteiger charge is -2.11. The Morgan fingerprint density at radius 3 is 2.42 bits per heavy atom. The topological polar surface area (TPSA) is 65.0 Å². The molecule has 0 aromatic heterocycles. The highest BCUT2D eigenvalue weighted by Gasteiger charge is 2.05. The lowest BCUT2D eigenvalue weighted by molar-refractivity contribution is 0.209. The van der Waals surface area contributed by atoms with E-state index in [1.54, 1.807) is 0 Å². The van der Waals surface area contributed by atoms with Gasteiger partial charge in [0.2, 0.25) is 0 Å². The minimum absolute atomic E-state index is 0.480. The molecule has 0 heterocycles. The molecule has 0 bridgehead atoms. The second kappa shape index (κ2) is 5.48. The zero-order valence-electron chi connectivity index (χ0n) is 7.57. The van der Waals surface area contributed by atoms with Gasteiger partial charge in [-0.2, -0.15) is 5.01 Å². The zero-order valence-corrected chi connectivity index (χ0v) is 7.57. The molecule has 0 fully saturated rings. The molecule has 6 heteroatoms. The fraction of sp³-hybridized carbons (Fsp3) is 0.833. The van der Waals surface area contributed by atoms with Gasteiger partial charge in [-0.05, 0) is 14.1 Å². The van der Waals surface area contributed by atoms with Gasteiger partial charge in [-0.25, -0.2) is 4.79 Å². The van der Waals surface area contributed by atoms with Crippen LogP contribution in [-0.2, 0) is 0 Å². The number of carbonyl (C=O) groups excluding carboxylic acids is 1. The summed E-state index contributed by atoms with van der Waals surface area (Å²) >= 11 is 0. The summed E-state index contributed by atoms with van der Waals surface area (Å²) in [6, 6.07) is -0.480. The fourth-order valence-corrected chi connectivity index (χ4v) is 0.538. The lowest BCUT2D eigenvalue weighted by Crippen LogP contribution is -2.37. The van der Waals surface area contributed by atoms with Crippen molar-refractivity contribution in [1.29, 1.82) is 0 Å². The third-order valence-electron chi connectivity index (χ3n) is 1.25. The van der Waals surface area contributed by atoms with E-state index in [1.165, 1.54) is 7.05 Å². The number of hydrogen-bond acceptors (Lipinski definition) is 4. The molecule has 0 radical (unpaired) electrons. The summed E-state index contributed by atoms with van der Waals surface area (Å²) in [5.74, 6) is 0. The molecule has 0 rings (SSSR count). The van der Waals surface area contributed by atoms with Crippen LogP contribution in [0.2, 0.25) is 0 Å². The van der Waals surface area contributed by atoms with Crippen molar-refractivity contribution >= 4 is 6.03 Å². The predicted octanol–water partition coefficient (Wildman–Crippen LogP) is -0.129. The van der Waals surface area contributed by atoms with Crippen molar-refractivity contribution in [3.05, 3.63) is 4.91 Å². The van der Waals surface area contributed by atoms with Crippen LogP contribution in [0, 0.1) is 4.91 Å². The minimum atomic E-state index is -0.480. The molecule has 0 saturated heterocycles. The number of amides is 2. The van der Waals surface area contributed by atoms with Crippen LogP contribution in [0.15, 0.2) is 5.29 Å². The van der Waals surface area contributed by atoms with Crippen LogP contribution in [0.1, 0.15) is 0 Å². The average molecular weight is 174 g/mol. The summed E-state index contributed by atoms with van der Waals surface area (Å²) in [6.07, 6.45) is 0. The van der Waals surface area contributed by atoms with Gasteiger partial charge in [-0.1, -0.05) is 0 Å². The molecule has 6 nitrogen and oxygen atoms in total. The van der Waals surface area contributed by atoms with Gasteiger partial charge >= 0.3 is 6.03 Å². The standard InChI is InChI=1S/C6H14N4O2/c1-9(2)5-4-7-6(11)10(3)8-12/h4-5H2,1-3H3,(H,7,11). The number of rotatable bonds is 4. The van der Waals surface area contributed by atoms with Crippen molar-refractivity contribution in [3.63, 3.8) is 0 Å². The van der Waals surface area contributed by atoms with Crippen LogP contribution in [0.4, 0.5) is 4.79 Å². The van der Waals surface area contributed by atoms with Gasteiger partial charge in [0.1, 0.15) is 0 Å². The number of likely N-dealkylation sites (N-methyl/N-ethyl adjacent to an activating group) is 1. The van der Waals surface area contributed by atoms with Gasteiger partial charge in [-0.15, -0.1) is 4.91 Å². The van der Waals surface area contributed by atoms with E-state index >= 15 is 0 Å². The summed E-state index contributed by atoms with van der Waals surface area (Å²) in [4.78, 5) is 22.6. The van der Waals surface area contributed by atoms with Crippen LogP contribution in [0.3, 0.4) is 0 Å². The van der Waals surface area contributed by atoms with Gasteiger partial charge < -0.3 is 10.2 Å². The molecule has 0 aromatic rings. The summed E-state index contributed by atoms with van der Waals surface area (Å²) in [5.41, 5.74) is 0. The van der Waals surface area contributed by atoms with Crippen LogP contribution >= 0.6 is 0 Å². The van der Waals surface area contributed by atoms with E-state index in [-0.39, 0.29) is 0 Å². The second-order valence-electron chi connectivity index (χ2n) is 2.64. The van der Waals surface area contributed by atoms with Crippen molar-refractivity contribution in [2.75, 3.05) is 34.2 Å². The average Bonchev–Trinajstić information content (AvgIpc) is 2.02. The Morgan fingerprint density at radius 2 is 2.00 bits per heavy atom. The third-order valence-corrected chi connectivity index (χ3v) is 1.25. The predicted molar refractivity (Wildman–Crippen MR) is 45.5 cm³/mol. The van der Waals surface area contributed by atoms with Crippen LogP contribution in [-0.4, -0.2) is 50.2 Å². The normalized spacial score (nSPS) is 9.67. The monoisotopic (exact) mass is 174 g/mol. The SMILES string of the molecule is CN(C)CCNC(=O)N(C)N=O. The van der Waals surface area contributed by atoms with E-state index in [4.69, 9.17) is 0 Å². The van der Waals surface area contributed by atoms with E-state index in [2.05, 4.69) is 10.6 Å². The summed E-state index contributed by atoms with van der Waals surface area (Å²) < 4.78 is 0. The van der Waals surface area contributed by atoms with Crippen LogP contribution in [0.25, 0.3) is 0 Å². The number of nitrogens with zero attached hydrogens (tertiary/aromatic N) is 3. The van der Waals surface area contributed by atoms with Gasteiger partial charge in [0.25, 0.3) is 0 Å². The molecule has 0 aliphatic carbocycles. The van der Waals surface area contributed by atoms with Gasteiger partial charge in [-0.3, -0.25) is 0 Å². The molecule has 0 unspecified atom stereocenters. The summed E-state index contributed by atoms with van der Waals surface area (Å²) in [6.45, 7) is 1.24. The van der Waals surface area contributed by atoms with E-state index in [0.29, 0.717) is 6.54 Å². The van der Waals surface area contributed by atoms with E-state index in [1.807, 2.05) is 19.0 Å². The molecule has 70 valence electrons. The summed E-state index contributed by atoms with van der Waals surface area (Å²) in [5, 5.41) is 5.68. The first-order chi connectivity index (χ1) is 5.57. The minimum Gasteiger partial charge on any atom is -0.335 e. The molecule has 2 amide bonds. The number of nitrogens with one attached hydrogen (secondary N) is 1. The number of carbonyl (C=O) groups is 1. The van der Waals surface area contributed by atoms with Gasteiger partial charge in [0.05, 0.1) is 5.29 Å². The Balaban J connectivity index is 3.50. The van der Waals surface area contributed by atoms with Crippen molar-refractivity contribution in [2.24, 2.45) is 5.29 Å². The lowest BCUT2D eigenvalue weighted by atomic mass is 10.6. The van der Waals surface area contributed by atoms with Crippen LogP contribution < -0.4 is 5.32 Å². The number of nitroso groups, excluding NO2 is 1. The molecule has 1 N–H and O–H groups in total. The highest BCUT2D eigenvalue weighted by Crippen LogP contribution is 1.82. The van der Waals surface area contributed by atoms with Crippen molar-refractivity contribution in [1.82, 2.24) is 15.2 Å². The quantitative estimate of drug-likeness (QED) is 0.477. The van der Waals surface area contributed by atoms with E-state index < -0.39 is 6.03 Å². The zero-order chi connectivity index (χ0) is 9.56. The largest absolute Gasteiger partial charge is 0.340 e. The van der Waals surface area contributed by atoms with E-state index in [0.717, 1.165) is 11.6 Å². The van der Waals surface area contributed by atoms with Crippen LogP contribution in [0.5, 0.6) is 0 Å². The number of hydrogen-bond donors (Lipinski definition) is 1. The first-order valence-corrected chi connectivity index (χ1v) is 3.57. The van der Waals surface area contributed by atoms with Crippen molar-refractivity contribution in [3.8, 4) is 0 Å². The third kappa shape index (κ3) is 4.62. The highest BCUT2D eigenvalue weighted by atomic mass is 16.3. The molecule has 0 aliphatic rings. The molecule has 12 heavy (non-hydrogen) atoms. The Hall–Kier alpha value is -1.17. The Labute approximate surface area is 71.5 Å². The molecule has 0 aromatic carbocycles. The maximum atomic E-state index is 10.9. The highest BCUT2D eigenvalue weighted by molar-refractivity contribution is 5.73. The first kappa shape index (κ1) is 10.8. The first-order valence-electron chi connectivity index (χ1n) is 3.57. The molecular formula is C6H14N4O2. The Bertz CT molecular complexity index is 160. The smallest absolute Gasteiger partial charge is 0.335 e. The van der Waals surface area contributed by atoms with E-state index in [9.17, 15) is 9.70 Å². The maximum absolute atomic E-state index is 10.9. The van der Waals surface area contributed by atoms with Gasteiger partial charge in [0, 0.05) is 20.1 Å². The molecule has 0 aliphatic heterocycles. The molecular weight excluding hydrogens is 160 g/mol. The maximum Gasteiger partial charge on any atom is 0.340 e. The molecule has 0 saturated carbocycles.